The maximum atomic E-state index is 10.6. The molecule has 1 heterocycles. The fraction of sp³-hybridized carbons (Fsp3) is 0.333. The summed E-state index contributed by atoms with van der Waals surface area (Å²) < 4.78 is 7.50. The third kappa shape index (κ3) is 3.56. The topological polar surface area (TPSA) is 29.5 Å². The summed E-state index contributed by atoms with van der Waals surface area (Å²) in [5, 5.41) is 10.6. The van der Waals surface area contributed by atoms with Gasteiger partial charge in [-0.05, 0) is 0 Å². The van der Waals surface area contributed by atoms with E-state index < -0.39 is 0 Å². The summed E-state index contributed by atoms with van der Waals surface area (Å²) in [4.78, 5) is 0.165. The van der Waals surface area contributed by atoms with Crippen LogP contribution in [0.15, 0.2) is 60.7 Å². The number of hydrogen-bond donors (Lipinski definition) is 1. The molecule has 2 aromatic carbocycles. The van der Waals surface area contributed by atoms with Crippen LogP contribution < -0.4 is 4.46 Å². The monoisotopic (exact) mass is 348 g/mol. The van der Waals surface area contributed by atoms with Gasteiger partial charge in [-0.2, -0.15) is 0 Å². The fourth-order valence-corrected chi connectivity index (χ4v) is 5.37. The molecule has 3 rings (SSSR count). The van der Waals surface area contributed by atoms with Crippen LogP contribution >= 0.6 is 0 Å². The first-order valence-corrected chi connectivity index (χ1v) is 9.19. The van der Waals surface area contributed by atoms with Gasteiger partial charge in [0.15, 0.2) is 0 Å². The third-order valence-corrected chi connectivity index (χ3v) is 6.66. The van der Waals surface area contributed by atoms with Crippen molar-refractivity contribution >= 4 is 19.4 Å². The van der Waals surface area contributed by atoms with Gasteiger partial charge in [0, 0.05) is 0 Å². The molecule has 0 aromatic heterocycles. The van der Waals surface area contributed by atoms with Crippen molar-refractivity contribution in [1.29, 1.82) is 0 Å². The molecular formula is C18H20O2Se. The van der Waals surface area contributed by atoms with Gasteiger partial charge < -0.3 is 0 Å². The minimum atomic E-state index is -0.292. The molecule has 0 saturated carbocycles. The minimum absolute atomic E-state index is 0.00911. The van der Waals surface area contributed by atoms with Crippen LogP contribution in [0.1, 0.15) is 25.0 Å². The summed E-state index contributed by atoms with van der Waals surface area (Å²) >= 11 is 0.196. The molecular weight excluding hydrogens is 327 g/mol. The Bertz CT molecular complexity index is 558. The maximum absolute atomic E-state index is 10.6. The molecule has 0 bridgehead atoms. The van der Waals surface area contributed by atoms with Gasteiger partial charge in [0.25, 0.3) is 0 Å². The van der Waals surface area contributed by atoms with E-state index in [0.29, 0.717) is 0 Å². The molecule has 21 heavy (non-hydrogen) atoms. The first kappa shape index (κ1) is 14.8. The van der Waals surface area contributed by atoms with Gasteiger partial charge in [-0.1, -0.05) is 0 Å². The number of hydrogen-bond acceptors (Lipinski definition) is 2. The first-order chi connectivity index (χ1) is 10.2. The van der Waals surface area contributed by atoms with Crippen molar-refractivity contribution in [2.45, 2.75) is 36.5 Å². The molecule has 0 aliphatic carbocycles. The van der Waals surface area contributed by atoms with E-state index in [4.69, 9.17) is 4.74 Å². The summed E-state index contributed by atoms with van der Waals surface area (Å²) in [5.41, 5.74) is 1.17. The molecule has 0 radical (unpaired) electrons. The van der Waals surface area contributed by atoms with Crippen LogP contribution in [0.4, 0.5) is 0 Å². The van der Waals surface area contributed by atoms with Crippen molar-refractivity contribution in [3.63, 3.8) is 0 Å². The second kappa shape index (κ2) is 6.76. The van der Waals surface area contributed by atoms with E-state index >= 15 is 0 Å². The Hall–Kier alpha value is -1.12. The average Bonchev–Trinajstić information content (AvgIpc) is 2.51. The van der Waals surface area contributed by atoms with Crippen molar-refractivity contribution in [1.82, 2.24) is 0 Å². The van der Waals surface area contributed by atoms with Crippen LogP contribution in [0, 0.1) is 0 Å². The standard InChI is InChI=1S/C18H20O2Se/c1-13-12-16(19)18(21-15-10-6-3-7-11-15)17(20-13)14-8-4-2-5-9-14/h2-11,13,16-19H,12H2,1H3/t13-,16-,17+,18-/m0/s1. The Kier molecular flexibility index (Phi) is 4.76. The molecule has 0 amide bonds. The molecule has 2 aromatic rings. The first-order valence-electron chi connectivity index (χ1n) is 7.34. The van der Waals surface area contributed by atoms with E-state index in [2.05, 4.69) is 36.4 Å². The molecule has 1 fully saturated rings. The predicted molar refractivity (Wildman–Crippen MR) is 85.9 cm³/mol. The van der Waals surface area contributed by atoms with Crippen LogP contribution in [0.5, 0.6) is 0 Å². The van der Waals surface area contributed by atoms with Crippen molar-refractivity contribution in [3.05, 3.63) is 66.2 Å². The van der Waals surface area contributed by atoms with Gasteiger partial charge in [0.1, 0.15) is 0 Å². The molecule has 1 N–H and O–H groups in total. The molecule has 0 spiro atoms. The predicted octanol–water partition coefficient (Wildman–Crippen LogP) is 2.72. The van der Waals surface area contributed by atoms with Crippen LogP contribution in [0.25, 0.3) is 0 Å². The number of aliphatic hydroxyl groups is 1. The molecule has 1 saturated heterocycles. The van der Waals surface area contributed by atoms with Gasteiger partial charge in [0.05, 0.1) is 0 Å². The van der Waals surface area contributed by atoms with Gasteiger partial charge >= 0.3 is 132 Å². The van der Waals surface area contributed by atoms with Crippen LogP contribution in [0.2, 0.25) is 4.82 Å². The Morgan fingerprint density at radius 2 is 1.62 bits per heavy atom. The Morgan fingerprint density at radius 3 is 2.29 bits per heavy atom. The van der Waals surface area contributed by atoms with E-state index in [-0.39, 0.29) is 38.1 Å². The number of benzene rings is 2. The zero-order valence-corrected chi connectivity index (χ0v) is 13.8. The van der Waals surface area contributed by atoms with Crippen molar-refractivity contribution in [3.8, 4) is 0 Å². The molecule has 2 nitrogen and oxygen atoms in total. The number of aliphatic hydroxyl groups excluding tert-OH is 1. The summed E-state index contributed by atoms with van der Waals surface area (Å²) in [5.74, 6) is 0. The van der Waals surface area contributed by atoms with E-state index in [1.807, 2.05) is 31.2 Å². The molecule has 110 valence electrons. The Balaban J connectivity index is 1.86. The van der Waals surface area contributed by atoms with E-state index in [1.165, 1.54) is 10.0 Å². The molecule has 0 unspecified atom stereocenters. The number of ether oxygens (including phenoxy) is 1. The molecule has 4 atom stereocenters. The van der Waals surface area contributed by atoms with Crippen molar-refractivity contribution in [2.24, 2.45) is 0 Å². The zero-order valence-electron chi connectivity index (χ0n) is 12.1. The Morgan fingerprint density at radius 1 is 1.00 bits per heavy atom. The van der Waals surface area contributed by atoms with Crippen LogP contribution in [-0.4, -0.2) is 32.3 Å². The summed E-state index contributed by atoms with van der Waals surface area (Å²) in [6, 6.07) is 20.7. The SMILES string of the molecule is C[C@H]1C[C@H](O)[C@H]([Se]c2ccccc2)[C@@H](c2ccccc2)O1. The van der Waals surface area contributed by atoms with E-state index in [9.17, 15) is 5.11 Å². The molecule has 3 heteroatoms. The van der Waals surface area contributed by atoms with Gasteiger partial charge in [-0.25, -0.2) is 0 Å². The van der Waals surface area contributed by atoms with Crippen LogP contribution in [0.3, 0.4) is 0 Å². The van der Waals surface area contributed by atoms with Gasteiger partial charge in [-0.3, -0.25) is 0 Å². The third-order valence-electron chi connectivity index (χ3n) is 3.77. The quantitative estimate of drug-likeness (QED) is 0.866. The van der Waals surface area contributed by atoms with E-state index in [0.717, 1.165) is 6.42 Å². The second-order valence-electron chi connectivity index (χ2n) is 5.48. The average molecular weight is 347 g/mol. The fourth-order valence-electron chi connectivity index (χ4n) is 2.77. The zero-order chi connectivity index (χ0) is 14.7. The summed E-state index contributed by atoms with van der Waals surface area (Å²) in [6.45, 7) is 2.05. The Labute approximate surface area is 132 Å². The normalized spacial score (nSPS) is 29.2. The summed E-state index contributed by atoms with van der Waals surface area (Å²) in [6.07, 6.45) is 0.528. The van der Waals surface area contributed by atoms with Gasteiger partial charge in [-0.15, -0.1) is 0 Å². The number of rotatable bonds is 3. The van der Waals surface area contributed by atoms with Gasteiger partial charge in [0.2, 0.25) is 0 Å². The summed E-state index contributed by atoms with van der Waals surface area (Å²) in [7, 11) is 0. The second-order valence-corrected chi connectivity index (χ2v) is 8.10. The van der Waals surface area contributed by atoms with E-state index in [1.54, 1.807) is 0 Å². The van der Waals surface area contributed by atoms with Crippen molar-refractivity contribution < 1.29 is 9.84 Å². The van der Waals surface area contributed by atoms with Crippen molar-refractivity contribution in [2.75, 3.05) is 0 Å². The molecule has 1 aliphatic heterocycles. The molecule has 1 aliphatic rings. The van der Waals surface area contributed by atoms with Crippen LogP contribution in [-0.2, 0) is 4.74 Å².